The van der Waals surface area contributed by atoms with Crippen LogP contribution in [0.3, 0.4) is 0 Å². The van der Waals surface area contributed by atoms with Crippen LogP contribution in [-0.4, -0.2) is 26.6 Å². The van der Waals surface area contributed by atoms with Crippen molar-refractivity contribution in [2.75, 3.05) is 15.9 Å². The number of aryl methyl sites for hydroxylation is 1. The van der Waals surface area contributed by atoms with Crippen LogP contribution >= 0.6 is 34.8 Å². The Balaban J connectivity index is 2.39. The molecule has 0 aliphatic rings. The summed E-state index contributed by atoms with van der Waals surface area (Å²) < 4.78 is 25.8. The molecule has 1 amide bonds. The molecule has 1 N–H and O–H groups in total. The van der Waals surface area contributed by atoms with Crippen LogP contribution in [0.2, 0.25) is 15.1 Å². The number of hydrogen-bond donors (Lipinski definition) is 1. The molecule has 140 valence electrons. The molecule has 0 saturated carbocycles. The van der Waals surface area contributed by atoms with E-state index in [4.69, 9.17) is 34.8 Å². The second kappa shape index (κ2) is 8.05. The third kappa shape index (κ3) is 5.04. The van der Waals surface area contributed by atoms with Crippen LogP contribution in [0.5, 0.6) is 0 Å². The number of nitrogens with one attached hydrogen (secondary N) is 1. The fraction of sp³-hybridized carbons (Fsp3) is 0.235. The Morgan fingerprint density at radius 3 is 2.15 bits per heavy atom. The van der Waals surface area contributed by atoms with Gasteiger partial charge in [0.1, 0.15) is 6.04 Å². The highest BCUT2D eigenvalue weighted by atomic mass is 35.5. The lowest BCUT2D eigenvalue weighted by Crippen LogP contribution is -2.45. The molecule has 0 spiro atoms. The number of rotatable bonds is 5. The van der Waals surface area contributed by atoms with Gasteiger partial charge in [-0.1, -0.05) is 40.9 Å². The highest BCUT2D eigenvalue weighted by Gasteiger charge is 2.30. The van der Waals surface area contributed by atoms with E-state index >= 15 is 0 Å². The molecule has 2 aromatic rings. The van der Waals surface area contributed by atoms with Crippen LogP contribution in [0.15, 0.2) is 36.4 Å². The third-order valence-corrected chi connectivity index (χ3v) is 5.53. The van der Waals surface area contributed by atoms with E-state index in [0.29, 0.717) is 32.0 Å². The molecular formula is C17H17Cl3N2O3S. The van der Waals surface area contributed by atoms with Crippen LogP contribution in [0, 0.1) is 6.92 Å². The van der Waals surface area contributed by atoms with Gasteiger partial charge in [0.05, 0.1) is 11.9 Å². The van der Waals surface area contributed by atoms with E-state index in [1.54, 1.807) is 19.1 Å². The number of hydrogen-bond acceptors (Lipinski definition) is 3. The Hall–Kier alpha value is -1.47. The standard InChI is InChI=1S/C17H17Cl3N2O3S/c1-10-4-5-12(18)9-16(10)22(26(3,24)25)11(2)17(23)21-15-7-13(19)6-14(20)8-15/h4-9,11H,1-3H3,(H,21,23)/t11-/m0/s1. The van der Waals surface area contributed by atoms with E-state index < -0.39 is 22.0 Å². The Kier molecular flexibility index (Phi) is 6.45. The van der Waals surface area contributed by atoms with Gasteiger partial charge >= 0.3 is 0 Å². The summed E-state index contributed by atoms with van der Waals surface area (Å²) in [6.07, 6.45) is 1.04. The number of carbonyl (C=O) groups excluding carboxylic acids is 1. The second-order valence-electron chi connectivity index (χ2n) is 5.81. The number of nitrogens with zero attached hydrogens (tertiary/aromatic N) is 1. The summed E-state index contributed by atoms with van der Waals surface area (Å²) in [6.45, 7) is 3.23. The fourth-order valence-corrected chi connectivity index (χ4v) is 4.39. The van der Waals surface area contributed by atoms with Crippen molar-refractivity contribution in [3.63, 3.8) is 0 Å². The first-order valence-electron chi connectivity index (χ1n) is 7.51. The average Bonchev–Trinajstić information content (AvgIpc) is 2.48. The van der Waals surface area contributed by atoms with Gasteiger partial charge in [0.2, 0.25) is 15.9 Å². The van der Waals surface area contributed by atoms with E-state index in [1.807, 2.05) is 0 Å². The quantitative estimate of drug-likeness (QED) is 0.737. The lowest BCUT2D eigenvalue weighted by Gasteiger charge is -2.29. The maximum absolute atomic E-state index is 12.7. The first kappa shape index (κ1) is 20.8. The van der Waals surface area contributed by atoms with Crippen molar-refractivity contribution < 1.29 is 13.2 Å². The van der Waals surface area contributed by atoms with Crippen molar-refractivity contribution in [3.05, 3.63) is 57.0 Å². The number of anilines is 2. The van der Waals surface area contributed by atoms with Crippen molar-refractivity contribution in [2.45, 2.75) is 19.9 Å². The van der Waals surface area contributed by atoms with Gasteiger partial charge in [0.25, 0.3) is 0 Å². The summed E-state index contributed by atoms with van der Waals surface area (Å²) in [6, 6.07) is 8.40. The summed E-state index contributed by atoms with van der Waals surface area (Å²) >= 11 is 17.9. The minimum atomic E-state index is -3.75. The Labute approximate surface area is 167 Å². The monoisotopic (exact) mass is 434 g/mol. The molecule has 0 unspecified atom stereocenters. The van der Waals surface area contributed by atoms with E-state index in [0.717, 1.165) is 10.6 Å². The van der Waals surface area contributed by atoms with Gasteiger partial charge in [-0.2, -0.15) is 0 Å². The minimum absolute atomic E-state index is 0.340. The number of amides is 1. The molecule has 0 aliphatic heterocycles. The van der Waals surface area contributed by atoms with E-state index in [1.165, 1.54) is 31.2 Å². The maximum Gasteiger partial charge on any atom is 0.247 e. The summed E-state index contributed by atoms with van der Waals surface area (Å²) in [5, 5.41) is 3.71. The van der Waals surface area contributed by atoms with Crippen LogP contribution in [0.1, 0.15) is 12.5 Å². The molecule has 2 aromatic carbocycles. The normalized spacial score (nSPS) is 12.5. The molecule has 0 heterocycles. The van der Waals surface area contributed by atoms with Gasteiger partial charge in [-0.05, 0) is 49.7 Å². The Bertz CT molecular complexity index is 928. The first-order chi connectivity index (χ1) is 12.0. The van der Waals surface area contributed by atoms with E-state index in [-0.39, 0.29) is 0 Å². The number of carbonyl (C=O) groups is 1. The Morgan fingerprint density at radius 1 is 1.04 bits per heavy atom. The maximum atomic E-state index is 12.7. The molecule has 9 heteroatoms. The zero-order chi connectivity index (χ0) is 19.6. The number of benzene rings is 2. The topological polar surface area (TPSA) is 66.5 Å². The van der Waals surface area contributed by atoms with Gasteiger partial charge in [0, 0.05) is 20.8 Å². The van der Waals surface area contributed by atoms with Crippen LogP contribution in [-0.2, 0) is 14.8 Å². The largest absolute Gasteiger partial charge is 0.324 e. The van der Waals surface area contributed by atoms with Crippen LogP contribution < -0.4 is 9.62 Å². The predicted molar refractivity (Wildman–Crippen MR) is 108 cm³/mol. The molecule has 5 nitrogen and oxygen atoms in total. The molecule has 0 saturated heterocycles. The molecule has 0 bridgehead atoms. The lowest BCUT2D eigenvalue weighted by molar-refractivity contribution is -0.116. The zero-order valence-corrected chi connectivity index (χ0v) is 17.3. The molecule has 0 aromatic heterocycles. The van der Waals surface area contributed by atoms with Crippen molar-refractivity contribution in [1.29, 1.82) is 0 Å². The van der Waals surface area contributed by atoms with Crippen LogP contribution in [0.25, 0.3) is 0 Å². The van der Waals surface area contributed by atoms with E-state index in [2.05, 4.69) is 5.32 Å². The number of sulfonamides is 1. The van der Waals surface area contributed by atoms with Gasteiger partial charge < -0.3 is 5.32 Å². The van der Waals surface area contributed by atoms with E-state index in [9.17, 15) is 13.2 Å². The summed E-state index contributed by atoms with van der Waals surface area (Å²) in [5.41, 5.74) is 1.38. The van der Waals surface area contributed by atoms with Crippen molar-refractivity contribution in [1.82, 2.24) is 0 Å². The molecule has 26 heavy (non-hydrogen) atoms. The summed E-state index contributed by atoms with van der Waals surface area (Å²) in [7, 11) is -3.75. The smallest absolute Gasteiger partial charge is 0.247 e. The van der Waals surface area contributed by atoms with Gasteiger partial charge in [-0.25, -0.2) is 8.42 Å². The highest BCUT2D eigenvalue weighted by Crippen LogP contribution is 2.29. The van der Waals surface area contributed by atoms with Gasteiger partial charge in [-0.3, -0.25) is 9.10 Å². The number of halogens is 3. The first-order valence-corrected chi connectivity index (χ1v) is 10.5. The molecule has 0 fully saturated rings. The second-order valence-corrected chi connectivity index (χ2v) is 8.98. The highest BCUT2D eigenvalue weighted by molar-refractivity contribution is 7.92. The average molecular weight is 436 g/mol. The summed E-state index contributed by atoms with van der Waals surface area (Å²) in [5.74, 6) is -0.534. The van der Waals surface area contributed by atoms with Gasteiger partial charge in [-0.15, -0.1) is 0 Å². The van der Waals surface area contributed by atoms with Gasteiger partial charge in [0.15, 0.2) is 0 Å². The molecule has 0 aliphatic carbocycles. The van der Waals surface area contributed by atoms with Crippen molar-refractivity contribution >= 4 is 62.1 Å². The molecule has 0 radical (unpaired) electrons. The summed E-state index contributed by atoms with van der Waals surface area (Å²) in [4.78, 5) is 12.7. The molecular weight excluding hydrogens is 419 g/mol. The lowest BCUT2D eigenvalue weighted by atomic mass is 10.1. The zero-order valence-electron chi connectivity index (χ0n) is 14.3. The predicted octanol–water partition coefficient (Wildman–Crippen LogP) is 4.75. The van der Waals surface area contributed by atoms with Crippen LogP contribution in [0.4, 0.5) is 11.4 Å². The minimum Gasteiger partial charge on any atom is -0.324 e. The van der Waals surface area contributed by atoms with Crippen molar-refractivity contribution in [2.24, 2.45) is 0 Å². The van der Waals surface area contributed by atoms with Crippen molar-refractivity contribution in [3.8, 4) is 0 Å². The fourth-order valence-electron chi connectivity index (χ4n) is 2.47. The SMILES string of the molecule is Cc1ccc(Cl)cc1N([C@@H](C)C(=O)Nc1cc(Cl)cc(Cl)c1)S(C)(=O)=O. The third-order valence-electron chi connectivity index (χ3n) is 3.63. The Morgan fingerprint density at radius 2 is 1.62 bits per heavy atom. The molecule has 2 rings (SSSR count). The molecule has 1 atom stereocenters.